The molecule has 1 aliphatic carbocycles. The van der Waals surface area contributed by atoms with Crippen LogP contribution in [0.2, 0.25) is 0 Å². The Morgan fingerprint density at radius 1 is 0.969 bits per heavy atom. The second kappa shape index (κ2) is 8.99. The maximum atomic E-state index is 14.2. The van der Waals surface area contributed by atoms with Crippen molar-refractivity contribution in [3.05, 3.63) is 107 Å². The van der Waals surface area contributed by atoms with Crippen LogP contribution in [0.4, 0.5) is 4.39 Å². The van der Waals surface area contributed by atoms with Crippen molar-refractivity contribution >= 4 is 16.8 Å². The number of rotatable bonds is 6. The van der Waals surface area contributed by atoms with E-state index in [1.807, 2.05) is 30.3 Å². The second-order valence-electron chi connectivity index (χ2n) is 8.60. The van der Waals surface area contributed by atoms with Gasteiger partial charge < -0.3 is 9.88 Å². The van der Waals surface area contributed by atoms with Crippen molar-refractivity contribution in [2.45, 2.75) is 44.7 Å². The number of hydrogen-bond acceptors (Lipinski definition) is 1. The molecule has 5 rings (SSSR count). The van der Waals surface area contributed by atoms with Gasteiger partial charge in [0.2, 0.25) is 5.91 Å². The predicted octanol–water partition coefficient (Wildman–Crippen LogP) is 5.96. The fourth-order valence-electron chi connectivity index (χ4n) is 4.88. The lowest BCUT2D eigenvalue weighted by molar-refractivity contribution is -0.121. The van der Waals surface area contributed by atoms with Crippen molar-refractivity contribution < 1.29 is 9.18 Å². The number of nitrogens with zero attached hydrogens (tertiary/aromatic N) is 1. The molecule has 1 amide bonds. The van der Waals surface area contributed by atoms with Crippen LogP contribution in [-0.2, 0) is 24.2 Å². The quantitative estimate of drug-likeness (QED) is 0.406. The molecule has 1 aromatic heterocycles. The molecule has 0 saturated carbocycles. The molecule has 3 aromatic carbocycles. The van der Waals surface area contributed by atoms with Crippen LogP contribution >= 0.6 is 0 Å². The monoisotopic (exact) mass is 426 g/mol. The van der Waals surface area contributed by atoms with Gasteiger partial charge in [0.25, 0.3) is 0 Å². The molecule has 1 aliphatic rings. The molecule has 162 valence electrons. The van der Waals surface area contributed by atoms with Gasteiger partial charge in [-0.3, -0.25) is 4.79 Å². The van der Waals surface area contributed by atoms with Crippen LogP contribution in [0.15, 0.2) is 79.0 Å². The van der Waals surface area contributed by atoms with E-state index in [-0.39, 0.29) is 17.8 Å². The van der Waals surface area contributed by atoms with Crippen LogP contribution in [0.5, 0.6) is 0 Å². The highest BCUT2D eigenvalue weighted by atomic mass is 19.1. The van der Waals surface area contributed by atoms with Gasteiger partial charge in [0.1, 0.15) is 5.82 Å². The van der Waals surface area contributed by atoms with E-state index in [0.29, 0.717) is 24.9 Å². The zero-order chi connectivity index (χ0) is 21.9. The number of halogens is 1. The minimum atomic E-state index is -0.195. The average Bonchev–Trinajstić information content (AvgIpc) is 3.17. The lowest BCUT2D eigenvalue weighted by Gasteiger charge is -2.26. The number of benzene rings is 3. The van der Waals surface area contributed by atoms with Gasteiger partial charge in [-0.1, -0.05) is 60.7 Å². The highest BCUT2D eigenvalue weighted by molar-refractivity contribution is 5.85. The molecule has 0 bridgehead atoms. The normalized spacial score (nSPS) is 15.5. The maximum absolute atomic E-state index is 14.2. The SMILES string of the molecule is O=C(CCc1cn(Cc2ccccc2F)c2ccccc12)N[C@@H]1CCCc2ccccc21. The number of hydrogen-bond donors (Lipinski definition) is 1. The Labute approximate surface area is 187 Å². The number of para-hydroxylation sites is 1. The van der Waals surface area contributed by atoms with Crippen LogP contribution in [0.25, 0.3) is 10.9 Å². The Morgan fingerprint density at radius 2 is 1.75 bits per heavy atom. The van der Waals surface area contributed by atoms with E-state index in [4.69, 9.17) is 0 Å². The first-order valence-electron chi connectivity index (χ1n) is 11.4. The summed E-state index contributed by atoms with van der Waals surface area (Å²) in [7, 11) is 0. The van der Waals surface area contributed by atoms with E-state index in [0.717, 1.165) is 35.7 Å². The lowest BCUT2D eigenvalue weighted by Crippen LogP contribution is -2.31. The molecular formula is C28H27FN2O. The summed E-state index contributed by atoms with van der Waals surface area (Å²) >= 11 is 0. The molecule has 3 nitrogen and oxygen atoms in total. The largest absolute Gasteiger partial charge is 0.349 e. The summed E-state index contributed by atoms with van der Waals surface area (Å²) in [5.41, 5.74) is 5.45. The summed E-state index contributed by atoms with van der Waals surface area (Å²) < 4.78 is 16.3. The number of fused-ring (bicyclic) bond motifs is 2. The highest BCUT2D eigenvalue weighted by Gasteiger charge is 2.21. The van der Waals surface area contributed by atoms with Crippen molar-refractivity contribution in [1.29, 1.82) is 0 Å². The topological polar surface area (TPSA) is 34.0 Å². The van der Waals surface area contributed by atoms with Gasteiger partial charge in [-0.2, -0.15) is 0 Å². The Bertz CT molecular complexity index is 1260. The fourth-order valence-corrected chi connectivity index (χ4v) is 4.88. The minimum Gasteiger partial charge on any atom is -0.349 e. The molecule has 0 aliphatic heterocycles. The van der Waals surface area contributed by atoms with Gasteiger partial charge >= 0.3 is 0 Å². The van der Waals surface area contributed by atoms with Crippen molar-refractivity contribution in [2.24, 2.45) is 0 Å². The molecule has 0 saturated heterocycles. The minimum absolute atomic E-state index is 0.0811. The number of carbonyl (C=O) groups is 1. The van der Waals surface area contributed by atoms with Crippen molar-refractivity contribution in [3.8, 4) is 0 Å². The standard InChI is InChI=1S/C28H27FN2O/c29-25-13-5-2-9-22(25)19-31-18-21(24-12-4-6-15-27(24)31)16-17-28(32)30-26-14-7-10-20-8-1-3-11-23(20)26/h1-6,8-9,11-13,15,18,26H,7,10,14,16-17,19H2,(H,30,32)/t26-/m1/s1. The Balaban J connectivity index is 1.31. The molecular weight excluding hydrogens is 399 g/mol. The van der Waals surface area contributed by atoms with E-state index in [1.54, 1.807) is 6.07 Å². The smallest absolute Gasteiger partial charge is 0.220 e. The number of carbonyl (C=O) groups excluding carboxylic acids is 1. The van der Waals surface area contributed by atoms with Crippen molar-refractivity contribution in [3.63, 3.8) is 0 Å². The molecule has 0 fully saturated rings. The first kappa shape index (κ1) is 20.5. The van der Waals surface area contributed by atoms with E-state index in [2.05, 4.69) is 46.4 Å². The molecule has 0 radical (unpaired) electrons. The average molecular weight is 427 g/mol. The van der Waals surface area contributed by atoms with Gasteiger partial charge in [0.05, 0.1) is 12.6 Å². The fraction of sp³-hybridized carbons (Fsp3) is 0.250. The summed E-state index contributed by atoms with van der Waals surface area (Å²) in [5, 5.41) is 4.38. The van der Waals surface area contributed by atoms with Crippen LogP contribution in [0.3, 0.4) is 0 Å². The zero-order valence-corrected chi connectivity index (χ0v) is 18.1. The molecule has 1 atom stereocenters. The summed E-state index contributed by atoms with van der Waals surface area (Å²) in [6.45, 7) is 0.470. The third-order valence-corrected chi connectivity index (χ3v) is 6.50. The van der Waals surface area contributed by atoms with Crippen molar-refractivity contribution in [2.75, 3.05) is 0 Å². The summed E-state index contributed by atoms with van der Waals surface area (Å²) in [6, 6.07) is 23.6. The number of nitrogens with one attached hydrogen (secondary N) is 1. The van der Waals surface area contributed by atoms with Crippen LogP contribution in [-0.4, -0.2) is 10.5 Å². The second-order valence-corrected chi connectivity index (χ2v) is 8.60. The van der Waals surface area contributed by atoms with Gasteiger partial charge in [-0.05, 0) is 54.5 Å². The van der Waals surface area contributed by atoms with E-state index in [1.165, 1.54) is 17.2 Å². The van der Waals surface area contributed by atoms with Gasteiger partial charge in [-0.25, -0.2) is 4.39 Å². The summed E-state index contributed by atoms with van der Waals surface area (Å²) in [5.74, 6) is -0.114. The number of aryl methyl sites for hydroxylation is 2. The van der Waals surface area contributed by atoms with E-state index < -0.39 is 0 Å². The predicted molar refractivity (Wildman–Crippen MR) is 126 cm³/mol. The Hall–Kier alpha value is -3.40. The molecule has 4 aromatic rings. The van der Waals surface area contributed by atoms with Crippen LogP contribution < -0.4 is 5.32 Å². The molecule has 0 unspecified atom stereocenters. The number of aromatic nitrogens is 1. The third kappa shape index (κ3) is 4.18. The molecule has 1 heterocycles. The Kier molecular flexibility index (Phi) is 5.76. The first-order chi connectivity index (χ1) is 15.7. The van der Waals surface area contributed by atoms with Gasteiger partial charge in [0, 0.05) is 29.1 Å². The molecule has 4 heteroatoms. The molecule has 0 spiro atoms. The van der Waals surface area contributed by atoms with Crippen molar-refractivity contribution in [1.82, 2.24) is 9.88 Å². The van der Waals surface area contributed by atoms with Crippen LogP contribution in [0.1, 0.15) is 47.6 Å². The van der Waals surface area contributed by atoms with Gasteiger partial charge in [0.15, 0.2) is 0 Å². The van der Waals surface area contributed by atoms with E-state index >= 15 is 0 Å². The summed E-state index contributed by atoms with van der Waals surface area (Å²) in [4.78, 5) is 12.8. The maximum Gasteiger partial charge on any atom is 0.220 e. The van der Waals surface area contributed by atoms with Crippen LogP contribution in [0, 0.1) is 5.82 Å². The first-order valence-corrected chi connectivity index (χ1v) is 11.4. The lowest BCUT2D eigenvalue weighted by atomic mass is 9.87. The molecule has 1 N–H and O–H groups in total. The zero-order valence-electron chi connectivity index (χ0n) is 18.1. The molecule has 32 heavy (non-hydrogen) atoms. The highest BCUT2D eigenvalue weighted by Crippen LogP contribution is 2.30. The van der Waals surface area contributed by atoms with Gasteiger partial charge in [-0.15, -0.1) is 0 Å². The third-order valence-electron chi connectivity index (χ3n) is 6.50. The summed E-state index contributed by atoms with van der Waals surface area (Å²) in [6.07, 6.45) is 6.35. The van der Waals surface area contributed by atoms with E-state index in [9.17, 15) is 9.18 Å². The number of amides is 1. The Morgan fingerprint density at radius 3 is 2.66 bits per heavy atom.